The van der Waals surface area contributed by atoms with E-state index >= 15 is 0 Å². The highest BCUT2D eigenvalue weighted by atomic mass is 16.4. The first-order valence-electron chi connectivity index (χ1n) is 2.38. The van der Waals surface area contributed by atoms with Gasteiger partial charge in [-0.25, -0.2) is 4.79 Å². The Bertz CT molecular complexity index is 80.5. The van der Waals surface area contributed by atoms with E-state index in [9.17, 15) is 4.79 Å². The van der Waals surface area contributed by atoms with Gasteiger partial charge in [-0.05, 0) is 5.92 Å². The number of hydrogen-bond acceptors (Lipinski definition) is 1. The lowest BCUT2D eigenvalue weighted by atomic mass is 10.2. The van der Waals surface area contributed by atoms with Crippen LogP contribution in [0.3, 0.4) is 0 Å². The summed E-state index contributed by atoms with van der Waals surface area (Å²) in [5.74, 6) is 1.06. The van der Waals surface area contributed by atoms with Gasteiger partial charge in [-0.2, -0.15) is 0 Å². The second kappa shape index (κ2) is 3.29. The van der Waals surface area contributed by atoms with Crippen LogP contribution in [0.5, 0.6) is 0 Å². The molecule has 0 bridgehead atoms. The van der Waals surface area contributed by atoms with Gasteiger partial charge in [0.1, 0.15) is 0 Å². The third-order valence-corrected chi connectivity index (χ3v) is 0.593. The van der Waals surface area contributed by atoms with Crippen LogP contribution in [0.2, 0.25) is 0 Å². The van der Waals surface area contributed by atoms with E-state index in [4.69, 9.17) is 5.11 Å². The molecular weight excluding hydrogens is 106 g/mol. The maximum Gasteiger partial charge on any atom is 0.404 e. The van der Waals surface area contributed by atoms with E-state index in [1.54, 1.807) is 0 Å². The van der Waals surface area contributed by atoms with Crippen LogP contribution in [0.4, 0.5) is 4.79 Å². The van der Waals surface area contributed by atoms with Crippen molar-refractivity contribution >= 4 is 6.09 Å². The van der Waals surface area contributed by atoms with Gasteiger partial charge in [0.2, 0.25) is 0 Å². The highest BCUT2D eigenvalue weighted by molar-refractivity contribution is 5.64. The molecule has 3 heteroatoms. The molecule has 0 unspecified atom stereocenters. The van der Waals surface area contributed by atoms with E-state index in [-0.39, 0.29) is 0 Å². The molecule has 0 rings (SSSR count). The van der Waals surface area contributed by atoms with Crippen LogP contribution in [0.1, 0.15) is 13.8 Å². The van der Waals surface area contributed by atoms with Crippen LogP contribution in [0, 0.1) is 5.92 Å². The highest BCUT2D eigenvalue weighted by Gasteiger charge is 1.95. The molecule has 0 aliphatic rings. The van der Waals surface area contributed by atoms with E-state index in [0.717, 1.165) is 5.92 Å². The molecule has 0 aliphatic carbocycles. The molecule has 0 aromatic rings. The molecule has 0 heterocycles. The standard InChI is InChI=1S/C5H10NO2/c1-4(2)3-6-5(7)8/h6H,3H2,1-2H3,(H,7,8). The molecule has 1 amide bonds. The lowest BCUT2D eigenvalue weighted by Gasteiger charge is -2.00. The van der Waals surface area contributed by atoms with Crippen molar-refractivity contribution in [2.45, 2.75) is 13.8 Å². The van der Waals surface area contributed by atoms with Crippen molar-refractivity contribution in [1.29, 1.82) is 0 Å². The van der Waals surface area contributed by atoms with Crippen molar-refractivity contribution in [3.05, 3.63) is 5.92 Å². The third kappa shape index (κ3) is 5.27. The number of rotatable bonds is 2. The molecular formula is C5H10NO2. The van der Waals surface area contributed by atoms with E-state index in [2.05, 4.69) is 5.32 Å². The molecule has 0 saturated heterocycles. The van der Waals surface area contributed by atoms with E-state index in [1.807, 2.05) is 13.8 Å². The first-order valence-corrected chi connectivity index (χ1v) is 2.38. The Kier molecular flexibility index (Phi) is 2.99. The molecule has 0 saturated carbocycles. The number of hydrogen-bond donors (Lipinski definition) is 2. The molecule has 8 heavy (non-hydrogen) atoms. The zero-order valence-corrected chi connectivity index (χ0v) is 5.06. The number of carboxylic acid groups (broad SMARTS) is 1. The molecule has 0 aliphatic heterocycles. The average Bonchev–Trinajstić information content (AvgIpc) is 1.61. The zero-order valence-electron chi connectivity index (χ0n) is 5.06. The lowest BCUT2D eigenvalue weighted by Crippen LogP contribution is -2.24. The second-order valence-corrected chi connectivity index (χ2v) is 1.87. The van der Waals surface area contributed by atoms with Crippen molar-refractivity contribution in [3.8, 4) is 0 Å². The molecule has 1 radical (unpaired) electrons. The van der Waals surface area contributed by atoms with Gasteiger partial charge in [-0.3, -0.25) is 0 Å². The van der Waals surface area contributed by atoms with Crippen LogP contribution < -0.4 is 5.32 Å². The number of nitrogens with one attached hydrogen (secondary N) is 1. The topological polar surface area (TPSA) is 49.3 Å². The van der Waals surface area contributed by atoms with Crippen molar-refractivity contribution in [3.63, 3.8) is 0 Å². The fourth-order valence-corrected chi connectivity index (χ4v) is 0.252. The Morgan fingerprint density at radius 3 is 2.25 bits per heavy atom. The Balaban J connectivity index is 3.05. The summed E-state index contributed by atoms with van der Waals surface area (Å²) >= 11 is 0. The van der Waals surface area contributed by atoms with Crippen LogP contribution in [0.15, 0.2) is 0 Å². The molecule has 2 N–H and O–H groups in total. The van der Waals surface area contributed by atoms with Crippen molar-refractivity contribution < 1.29 is 9.90 Å². The summed E-state index contributed by atoms with van der Waals surface area (Å²) in [5, 5.41) is 10.3. The van der Waals surface area contributed by atoms with Crippen LogP contribution in [-0.4, -0.2) is 17.7 Å². The van der Waals surface area contributed by atoms with Gasteiger partial charge in [0.25, 0.3) is 0 Å². The summed E-state index contributed by atoms with van der Waals surface area (Å²) in [6.45, 7) is 4.20. The molecule has 0 aromatic heterocycles. The third-order valence-electron chi connectivity index (χ3n) is 0.593. The molecule has 47 valence electrons. The molecule has 0 atom stereocenters. The zero-order chi connectivity index (χ0) is 6.57. The average molecular weight is 116 g/mol. The predicted octanol–water partition coefficient (Wildman–Crippen LogP) is 0.868. The fourth-order valence-electron chi connectivity index (χ4n) is 0.252. The van der Waals surface area contributed by atoms with Gasteiger partial charge >= 0.3 is 6.09 Å². The Hall–Kier alpha value is -0.730. The quantitative estimate of drug-likeness (QED) is 0.562. The van der Waals surface area contributed by atoms with Gasteiger partial charge in [0, 0.05) is 6.54 Å². The highest BCUT2D eigenvalue weighted by Crippen LogP contribution is 1.88. The minimum absolute atomic E-state index is 0.454. The SMILES string of the molecule is C[C](C)CNC(=O)O. The smallest absolute Gasteiger partial charge is 0.404 e. The molecule has 0 fully saturated rings. The maximum absolute atomic E-state index is 9.78. The number of amides is 1. The first kappa shape index (κ1) is 7.27. The number of carbonyl (C=O) groups is 1. The predicted molar refractivity (Wildman–Crippen MR) is 30.6 cm³/mol. The Labute approximate surface area is 48.7 Å². The monoisotopic (exact) mass is 116 g/mol. The van der Waals surface area contributed by atoms with E-state index in [1.165, 1.54) is 0 Å². The minimum Gasteiger partial charge on any atom is -0.465 e. The Morgan fingerprint density at radius 1 is 1.62 bits per heavy atom. The molecule has 0 spiro atoms. The van der Waals surface area contributed by atoms with Crippen LogP contribution >= 0.6 is 0 Å². The summed E-state index contributed by atoms with van der Waals surface area (Å²) in [4.78, 5) is 9.78. The minimum atomic E-state index is -0.966. The summed E-state index contributed by atoms with van der Waals surface area (Å²) in [7, 11) is 0. The normalized spacial score (nSPS) is 9.38. The summed E-state index contributed by atoms with van der Waals surface area (Å²) in [5.41, 5.74) is 0. The van der Waals surface area contributed by atoms with Crippen molar-refractivity contribution in [2.75, 3.05) is 6.54 Å². The van der Waals surface area contributed by atoms with E-state index < -0.39 is 6.09 Å². The van der Waals surface area contributed by atoms with Crippen molar-refractivity contribution in [2.24, 2.45) is 0 Å². The van der Waals surface area contributed by atoms with Crippen LogP contribution in [0.25, 0.3) is 0 Å². The molecule has 3 nitrogen and oxygen atoms in total. The largest absolute Gasteiger partial charge is 0.465 e. The second-order valence-electron chi connectivity index (χ2n) is 1.87. The summed E-state index contributed by atoms with van der Waals surface area (Å²) < 4.78 is 0. The van der Waals surface area contributed by atoms with Gasteiger partial charge in [0.15, 0.2) is 0 Å². The first-order chi connectivity index (χ1) is 3.63. The Morgan fingerprint density at radius 2 is 2.12 bits per heavy atom. The molecule has 0 aromatic carbocycles. The van der Waals surface area contributed by atoms with Gasteiger partial charge in [0.05, 0.1) is 0 Å². The van der Waals surface area contributed by atoms with Crippen molar-refractivity contribution in [1.82, 2.24) is 5.32 Å². The summed E-state index contributed by atoms with van der Waals surface area (Å²) in [6, 6.07) is 0. The van der Waals surface area contributed by atoms with Gasteiger partial charge in [-0.15, -0.1) is 0 Å². The maximum atomic E-state index is 9.78. The van der Waals surface area contributed by atoms with Gasteiger partial charge in [-0.1, -0.05) is 13.8 Å². The fraction of sp³-hybridized carbons (Fsp3) is 0.600. The van der Waals surface area contributed by atoms with Crippen LogP contribution in [-0.2, 0) is 0 Å². The van der Waals surface area contributed by atoms with Gasteiger partial charge < -0.3 is 10.4 Å². The summed E-state index contributed by atoms with van der Waals surface area (Å²) in [6.07, 6.45) is -0.966. The lowest BCUT2D eigenvalue weighted by molar-refractivity contribution is 0.195. The van der Waals surface area contributed by atoms with E-state index in [0.29, 0.717) is 6.54 Å².